The number of halogens is 2. The summed E-state index contributed by atoms with van der Waals surface area (Å²) < 4.78 is 25.9. The van der Waals surface area contributed by atoms with Crippen molar-refractivity contribution in [2.45, 2.75) is 0 Å². The molecule has 0 spiro atoms. The van der Waals surface area contributed by atoms with Crippen molar-refractivity contribution >= 4 is 10.1 Å². The van der Waals surface area contributed by atoms with Crippen molar-refractivity contribution in [2.24, 2.45) is 0 Å². The van der Waals surface area contributed by atoms with Crippen molar-refractivity contribution in [1.82, 2.24) is 0 Å². The minimum atomic E-state index is -3.67. The second-order valence-corrected chi connectivity index (χ2v) is 2.20. The molecule has 0 bridgehead atoms. The van der Waals surface area contributed by atoms with E-state index in [1.54, 1.807) is 0 Å². The van der Waals surface area contributed by atoms with Crippen molar-refractivity contribution in [3.8, 4) is 0 Å². The molecular weight excluding hydrogens is 269 g/mol. The maximum Gasteiger partial charge on any atom is 2.00 e. The molecule has 0 rings (SSSR count). The topological polar surface area (TPSA) is 54.4 Å². The molecule has 0 aliphatic heterocycles. The largest absolute Gasteiger partial charge is 2.00 e. The summed E-state index contributed by atoms with van der Waals surface area (Å²) in [7, 11) is -3.67. The van der Waals surface area contributed by atoms with Gasteiger partial charge in [-0.25, -0.2) is 0 Å². The first kappa shape index (κ1) is 22.9. The van der Waals surface area contributed by atoms with Crippen molar-refractivity contribution < 1.29 is 58.2 Å². The normalized spacial score (nSPS) is 7.25. The van der Waals surface area contributed by atoms with Gasteiger partial charge in [0.1, 0.15) is 0 Å². The SMILES string of the molecule is CS(=O)(=O)O.[Cl-].[Cl-].[Pd+2]. The molecule has 56 valence electrons. The van der Waals surface area contributed by atoms with Gasteiger partial charge in [0.25, 0.3) is 10.1 Å². The molecule has 0 aromatic heterocycles. The van der Waals surface area contributed by atoms with E-state index < -0.39 is 10.1 Å². The van der Waals surface area contributed by atoms with Crippen LogP contribution in [0, 0.1) is 0 Å². The van der Waals surface area contributed by atoms with Gasteiger partial charge in [-0.1, -0.05) is 0 Å². The maximum atomic E-state index is 9.19. The summed E-state index contributed by atoms with van der Waals surface area (Å²) in [6.07, 6.45) is 0.715. The first-order valence-corrected chi connectivity index (χ1v) is 2.77. The van der Waals surface area contributed by atoms with Gasteiger partial charge in [-0.2, -0.15) is 8.42 Å². The molecule has 0 unspecified atom stereocenters. The molecule has 0 aliphatic rings. The second-order valence-electron chi connectivity index (χ2n) is 0.733. The van der Waals surface area contributed by atoms with Gasteiger partial charge in [0.15, 0.2) is 0 Å². The van der Waals surface area contributed by atoms with Crippen LogP contribution >= 0.6 is 0 Å². The third kappa shape index (κ3) is 204. The number of hydrogen-bond acceptors (Lipinski definition) is 2. The van der Waals surface area contributed by atoms with Crippen LogP contribution in [0.15, 0.2) is 0 Å². The molecule has 0 aliphatic carbocycles. The Morgan fingerprint density at radius 2 is 1.25 bits per heavy atom. The van der Waals surface area contributed by atoms with Gasteiger partial charge in [-0.3, -0.25) is 4.55 Å². The van der Waals surface area contributed by atoms with Gasteiger partial charge in [-0.15, -0.1) is 0 Å². The summed E-state index contributed by atoms with van der Waals surface area (Å²) in [6.45, 7) is 0. The Morgan fingerprint density at radius 1 is 1.25 bits per heavy atom. The van der Waals surface area contributed by atoms with E-state index in [1.807, 2.05) is 0 Å². The minimum absolute atomic E-state index is 0. The van der Waals surface area contributed by atoms with Crippen LogP contribution in [0.3, 0.4) is 0 Å². The number of rotatable bonds is 0. The summed E-state index contributed by atoms with van der Waals surface area (Å²) in [4.78, 5) is 0. The van der Waals surface area contributed by atoms with Crippen LogP contribution in [0.2, 0.25) is 0 Å². The Hall–Kier alpha value is 1.15. The Bertz CT molecular complexity index is 100. The van der Waals surface area contributed by atoms with E-state index in [0.717, 1.165) is 0 Å². The molecular formula is CH4Cl2O3PdS. The van der Waals surface area contributed by atoms with Crippen LogP contribution in [0.4, 0.5) is 0 Å². The van der Waals surface area contributed by atoms with E-state index in [-0.39, 0.29) is 45.2 Å². The van der Waals surface area contributed by atoms with Gasteiger partial charge in [-0.05, 0) is 0 Å². The molecule has 0 radical (unpaired) electrons. The van der Waals surface area contributed by atoms with Crippen LogP contribution in [-0.2, 0) is 30.5 Å². The van der Waals surface area contributed by atoms with Gasteiger partial charge in [0.2, 0.25) is 0 Å². The van der Waals surface area contributed by atoms with Crippen LogP contribution in [0.5, 0.6) is 0 Å². The monoisotopic (exact) mass is 272 g/mol. The Balaban J connectivity index is -0.0000000267. The smallest absolute Gasteiger partial charge is 1.00 e. The van der Waals surface area contributed by atoms with Crippen LogP contribution in [0.1, 0.15) is 0 Å². The average molecular weight is 273 g/mol. The molecule has 0 atom stereocenters. The fraction of sp³-hybridized carbons (Fsp3) is 1.00. The summed E-state index contributed by atoms with van der Waals surface area (Å²) in [5.74, 6) is 0. The van der Waals surface area contributed by atoms with Gasteiger partial charge in [0.05, 0.1) is 6.26 Å². The Kier molecular flexibility index (Phi) is 23.3. The molecule has 0 fully saturated rings. The minimum Gasteiger partial charge on any atom is -1.00 e. The van der Waals surface area contributed by atoms with Crippen LogP contribution in [-0.4, -0.2) is 19.2 Å². The zero-order valence-electron chi connectivity index (χ0n) is 3.74. The summed E-state index contributed by atoms with van der Waals surface area (Å²) in [5.41, 5.74) is 0. The Labute approximate surface area is 74.5 Å². The summed E-state index contributed by atoms with van der Waals surface area (Å²) in [5, 5.41) is 0. The molecule has 0 saturated carbocycles. The fourth-order valence-electron chi connectivity index (χ4n) is 0. The molecule has 0 heterocycles. The van der Waals surface area contributed by atoms with Gasteiger partial charge >= 0.3 is 20.4 Å². The van der Waals surface area contributed by atoms with Gasteiger partial charge in [0, 0.05) is 0 Å². The van der Waals surface area contributed by atoms with E-state index in [0.29, 0.717) is 6.26 Å². The maximum absolute atomic E-state index is 9.19. The average Bonchev–Trinajstić information content (AvgIpc) is 0.722. The molecule has 7 heteroatoms. The standard InChI is InChI=1S/CH4O3S.2ClH.Pd/c1-5(2,3)4;;;/h1H3,(H,2,3,4);2*1H;/q;;;+2/p-2. The predicted octanol–water partition coefficient (Wildman–Crippen LogP) is -6.49. The quantitative estimate of drug-likeness (QED) is 0.353. The third-order valence-corrected chi connectivity index (χ3v) is 0. The molecule has 1 N–H and O–H groups in total. The van der Waals surface area contributed by atoms with E-state index in [4.69, 9.17) is 4.55 Å². The van der Waals surface area contributed by atoms with Crippen molar-refractivity contribution in [1.29, 1.82) is 0 Å². The molecule has 0 saturated heterocycles. The molecule has 0 aromatic rings. The predicted molar refractivity (Wildman–Crippen MR) is 17.5 cm³/mol. The Morgan fingerprint density at radius 3 is 1.25 bits per heavy atom. The molecule has 8 heavy (non-hydrogen) atoms. The van der Waals surface area contributed by atoms with E-state index >= 15 is 0 Å². The second kappa shape index (κ2) is 8.15. The van der Waals surface area contributed by atoms with E-state index in [9.17, 15) is 8.42 Å². The first-order valence-electron chi connectivity index (χ1n) is 0.924. The van der Waals surface area contributed by atoms with E-state index in [1.165, 1.54) is 0 Å². The third-order valence-electron chi connectivity index (χ3n) is 0. The van der Waals surface area contributed by atoms with Gasteiger partial charge < -0.3 is 24.8 Å². The van der Waals surface area contributed by atoms with E-state index in [2.05, 4.69) is 0 Å². The van der Waals surface area contributed by atoms with Crippen LogP contribution in [0.25, 0.3) is 0 Å². The zero-order valence-corrected chi connectivity index (χ0v) is 7.63. The first-order chi connectivity index (χ1) is 2.00. The zero-order chi connectivity index (χ0) is 4.50. The summed E-state index contributed by atoms with van der Waals surface area (Å²) >= 11 is 0. The molecule has 0 amide bonds. The fourth-order valence-corrected chi connectivity index (χ4v) is 0. The summed E-state index contributed by atoms with van der Waals surface area (Å²) in [6, 6.07) is 0. The van der Waals surface area contributed by atoms with Crippen molar-refractivity contribution in [2.75, 3.05) is 6.26 Å². The molecule has 3 nitrogen and oxygen atoms in total. The van der Waals surface area contributed by atoms with Crippen molar-refractivity contribution in [3.63, 3.8) is 0 Å². The molecule has 0 aromatic carbocycles. The van der Waals surface area contributed by atoms with Crippen LogP contribution < -0.4 is 24.8 Å². The number of hydrogen-bond donors (Lipinski definition) is 1. The van der Waals surface area contributed by atoms with Crippen molar-refractivity contribution in [3.05, 3.63) is 0 Å².